The standard InChI is InChI=1S/3C19H25Cl2NO3.2CH4/c3*1-5-8-19(16(23)13-6-7-14(20)15(21)11-13)9-10-22(12-19)17(24)25-18(2,3)4;;/h3*6-7,11H,5,8-10,12H2,1-4H3;2*1H4/t2*19-;;;/m10.../s1. The Morgan fingerprint density at radius 1 is 0.416 bits per heavy atom. The van der Waals surface area contributed by atoms with Gasteiger partial charge in [-0.2, -0.15) is 0 Å². The van der Waals surface area contributed by atoms with Gasteiger partial charge in [-0.25, -0.2) is 14.4 Å². The fourth-order valence-electron chi connectivity index (χ4n) is 9.84. The van der Waals surface area contributed by atoms with Crippen LogP contribution in [-0.2, 0) is 14.2 Å². The molecule has 0 bridgehead atoms. The zero-order chi connectivity index (χ0) is 56.5. The van der Waals surface area contributed by atoms with Crippen LogP contribution in [-0.4, -0.2) is 106 Å². The molecule has 0 saturated carbocycles. The van der Waals surface area contributed by atoms with Crippen molar-refractivity contribution in [2.75, 3.05) is 39.3 Å². The average Bonchev–Trinajstić information content (AvgIpc) is 4.07. The Labute approximate surface area is 489 Å². The van der Waals surface area contributed by atoms with Gasteiger partial charge in [0.15, 0.2) is 17.3 Å². The Bertz CT molecular complexity index is 2280. The Morgan fingerprint density at radius 3 is 0.818 bits per heavy atom. The molecule has 6 rings (SSSR count). The third kappa shape index (κ3) is 18.9. The van der Waals surface area contributed by atoms with Crippen molar-refractivity contribution in [1.29, 1.82) is 0 Å². The Kier molecular flexibility index (Phi) is 25.7. The van der Waals surface area contributed by atoms with Crippen LogP contribution in [0.3, 0.4) is 0 Å². The first-order valence-corrected chi connectivity index (χ1v) is 27.9. The van der Waals surface area contributed by atoms with Gasteiger partial charge in [-0.3, -0.25) is 14.4 Å². The van der Waals surface area contributed by atoms with Gasteiger partial charge in [0.2, 0.25) is 0 Å². The molecule has 1 unspecified atom stereocenters. The average molecular weight is 1190 g/mol. The highest BCUT2D eigenvalue weighted by molar-refractivity contribution is 6.43. The van der Waals surface area contributed by atoms with Gasteiger partial charge in [0.1, 0.15) is 16.8 Å². The van der Waals surface area contributed by atoms with Gasteiger partial charge < -0.3 is 28.9 Å². The number of ether oxygens (including phenoxy) is 3. The Balaban J connectivity index is 0.000000390. The number of carbonyl (C=O) groups is 6. The minimum Gasteiger partial charge on any atom is -0.444 e. The normalized spacial score (nSPS) is 20.1. The van der Waals surface area contributed by atoms with Crippen molar-refractivity contribution < 1.29 is 43.0 Å². The molecule has 3 atom stereocenters. The molecule has 3 fully saturated rings. The van der Waals surface area contributed by atoms with Gasteiger partial charge in [0.05, 0.1) is 46.4 Å². The van der Waals surface area contributed by atoms with Crippen molar-refractivity contribution in [3.63, 3.8) is 0 Å². The van der Waals surface area contributed by atoms with E-state index in [0.29, 0.717) is 125 Å². The highest BCUT2D eigenvalue weighted by Gasteiger charge is 2.49. The van der Waals surface area contributed by atoms with E-state index < -0.39 is 33.0 Å². The summed E-state index contributed by atoms with van der Waals surface area (Å²) in [5.41, 5.74) is -1.84. The molecule has 430 valence electrons. The molecule has 3 heterocycles. The van der Waals surface area contributed by atoms with Crippen molar-refractivity contribution in [2.45, 2.75) is 173 Å². The van der Waals surface area contributed by atoms with Crippen molar-refractivity contribution in [3.05, 3.63) is 101 Å². The summed E-state index contributed by atoms with van der Waals surface area (Å²) in [6.45, 7) is 25.3. The van der Waals surface area contributed by atoms with E-state index in [1.807, 2.05) is 83.1 Å². The SMILES string of the molecule is C.C.CCCC1(C(=O)c2ccc(Cl)c(Cl)c2)CCN(C(=O)OC(C)(C)C)C1.CCC[C@@]1(C(=O)c2ccc(Cl)c(Cl)c2)CCN(C(=O)OC(C)(C)C)C1.CCC[C@]1(C(=O)c2ccc(Cl)c(Cl)c2)CCN(C(=O)OC(C)(C)C)C1. The number of hydrogen-bond acceptors (Lipinski definition) is 9. The number of carbonyl (C=O) groups excluding carboxylic acids is 6. The van der Waals surface area contributed by atoms with Crippen molar-refractivity contribution in [2.24, 2.45) is 16.2 Å². The molecule has 12 nitrogen and oxygen atoms in total. The number of Topliss-reactive ketones (excluding diaryl/α,β-unsaturated/α-hetero) is 3. The van der Waals surface area contributed by atoms with Crippen LogP contribution in [0.4, 0.5) is 14.4 Å². The predicted octanol–water partition coefficient (Wildman–Crippen LogP) is 18.1. The maximum atomic E-state index is 13.2. The number of halogens is 6. The molecule has 3 aliphatic heterocycles. The largest absolute Gasteiger partial charge is 0.444 e. The number of benzene rings is 3. The second kappa shape index (κ2) is 28.6. The van der Waals surface area contributed by atoms with E-state index in [1.54, 1.807) is 69.3 Å². The van der Waals surface area contributed by atoms with Gasteiger partial charge in [-0.1, -0.05) is 124 Å². The molecule has 3 saturated heterocycles. The Morgan fingerprint density at radius 2 is 0.636 bits per heavy atom. The first-order valence-electron chi connectivity index (χ1n) is 25.7. The van der Waals surface area contributed by atoms with E-state index >= 15 is 0 Å². The summed E-state index contributed by atoms with van der Waals surface area (Å²) in [6, 6.07) is 14.8. The van der Waals surface area contributed by atoms with E-state index in [9.17, 15) is 28.8 Å². The monoisotopic (exact) mass is 1190 g/mol. The first-order chi connectivity index (χ1) is 34.7. The summed E-state index contributed by atoms with van der Waals surface area (Å²) in [5, 5.41) is 2.35. The van der Waals surface area contributed by atoms with Crippen LogP contribution < -0.4 is 0 Å². The second-order valence-electron chi connectivity index (χ2n) is 22.9. The maximum Gasteiger partial charge on any atom is 0.410 e. The minimum atomic E-state index is -0.594. The Hall–Kier alpha value is -3.78. The lowest BCUT2D eigenvalue weighted by molar-refractivity contribution is 0.0259. The summed E-state index contributed by atoms with van der Waals surface area (Å²) in [5.74, 6) is 0.0388. The lowest BCUT2D eigenvalue weighted by atomic mass is 9.76. The first kappa shape index (κ1) is 69.3. The molecular weight excluding hydrogens is 1110 g/mol. The van der Waals surface area contributed by atoms with Crippen molar-refractivity contribution in [1.82, 2.24) is 14.7 Å². The van der Waals surface area contributed by atoms with Gasteiger partial charge in [-0.05, 0) is 155 Å². The topological polar surface area (TPSA) is 140 Å². The van der Waals surface area contributed by atoms with E-state index in [-0.39, 0.29) is 50.5 Å². The number of likely N-dealkylation sites (tertiary alicyclic amines) is 3. The van der Waals surface area contributed by atoms with Crippen LogP contribution in [0.5, 0.6) is 0 Å². The molecule has 77 heavy (non-hydrogen) atoms. The summed E-state index contributed by atoms with van der Waals surface area (Å²) in [7, 11) is 0. The van der Waals surface area contributed by atoms with Crippen molar-refractivity contribution >= 4 is 105 Å². The maximum absolute atomic E-state index is 13.2. The smallest absolute Gasteiger partial charge is 0.410 e. The van der Waals surface area contributed by atoms with Crippen LogP contribution in [0.2, 0.25) is 30.1 Å². The van der Waals surface area contributed by atoms with Gasteiger partial charge >= 0.3 is 18.3 Å². The van der Waals surface area contributed by atoms with E-state index in [0.717, 1.165) is 19.3 Å². The van der Waals surface area contributed by atoms with Gasteiger partial charge in [0, 0.05) is 56.0 Å². The predicted molar refractivity (Wildman–Crippen MR) is 315 cm³/mol. The van der Waals surface area contributed by atoms with Crippen molar-refractivity contribution in [3.8, 4) is 0 Å². The summed E-state index contributed by atoms with van der Waals surface area (Å²) in [6.07, 6.45) is 5.48. The molecule has 3 aliphatic rings. The molecule has 0 N–H and O–H groups in total. The number of hydrogen-bond donors (Lipinski definition) is 0. The van der Waals surface area contributed by atoms with Crippen LogP contribution in [0.15, 0.2) is 54.6 Å². The fourth-order valence-corrected chi connectivity index (χ4v) is 10.7. The van der Waals surface area contributed by atoms with Crippen LogP contribution >= 0.6 is 69.6 Å². The summed E-state index contributed by atoms with van der Waals surface area (Å²) in [4.78, 5) is 81.6. The quantitative estimate of drug-likeness (QED) is 0.128. The molecule has 3 amide bonds. The second-order valence-corrected chi connectivity index (χ2v) is 25.4. The zero-order valence-corrected chi connectivity index (χ0v) is 50.1. The van der Waals surface area contributed by atoms with E-state index in [2.05, 4.69) is 0 Å². The highest BCUT2D eigenvalue weighted by Crippen LogP contribution is 2.43. The van der Waals surface area contributed by atoms with Gasteiger partial charge in [-0.15, -0.1) is 0 Å². The van der Waals surface area contributed by atoms with Crippen LogP contribution in [0.25, 0.3) is 0 Å². The molecule has 0 aromatic heterocycles. The zero-order valence-electron chi connectivity index (χ0n) is 45.6. The van der Waals surface area contributed by atoms with E-state index in [1.165, 1.54) is 0 Å². The fraction of sp³-hybridized carbons (Fsp3) is 0.593. The number of ketones is 3. The number of rotatable bonds is 12. The molecule has 3 aromatic rings. The summed E-state index contributed by atoms with van der Waals surface area (Å²) >= 11 is 36.1. The lowest BCUT2D eigenvalue weighted by Gasteiger charge is -2.29. The molecule has 0 radical (unpaired) electrons. The molecule has 0 spiro atoms. The lowest BCUT2D eigenvalue weighted by Crippen LogP contribution is -2.39. The molecule has 0 aliphatic carbocycles. The van der Waals surface area contributed by atoms with Crippen LogP contribution in [0.1, 0.15) is 187 Å². The van der Waals surface area contributed by atoms with Gasteiger partial charge in [0.25, 0.3) is 0 Å². The molecular formula is C59H83Cl6N3O9. The number of nitrogens with zero attached hydrogens (tertiary/aromatic N) is 3. The minimum absolute atomic E-state index is 0. The molecule has 18 heteroatoms. The third-order valence-corrected chi connectivity index (χ3v) is 15.4. The molecule has 3 aromatic carbocycles. The number of amides is 3. The summed E-state index contributed by atoms with van der Waals surface area (Å²) < 4.78 is 16.4. The highest BCUT2D eigenvalue weighted by atomic mass is 35.5. The van der Waals surface area contributed by atoms with E-state index in [4.69, 9.17) is 83.8 Å². The third-order valence-electron chi connectivity index (χ3n) is 13.2. The van der Waals surface area contributed by atoms with Crippen LogP contribution in [0, 0.1) is 16.2 Å².